The van der Waals surface area contributed by atoms with E-state index >= 15 is 0 Å². The van der Waals surface area contributed by atoms with Crippen molar-refractivity contribution in [3.8, 4) is 0 Å². The summed E-state index contributed by atoms with van der Waals surface area (Å²) in [5, 5.41) is 8.82. The molecule has 0 saturated carbocycles. The number of hydrogen-bond donors (Lipinski definition) is 2. The van der Waals surface area contributed by atoms with E-state index in [1.54, 1.807) is 0 Å². The molecule has 0 aliphatic carbocycles. The molecular formula is C6H13FN2O. The van der Waals surface area contributed by atoms with E-state index in [-0.39, 0.29) is 6.04 Å². The molecule has 0 amide bonds. The summed E-state index contributed by atoms with van der Waals surface area (Å²) >= 11 is 0. The number of alkyl halides is 1. The summed E-state index contributed by atoms with van der Waals surface area (Å²) < 4.78 is 11.7. The van der Waals surface area contributed by atoms with E-state index in [4.69, 9.17) is 10.8 Å². The van der Waals surface area contributed by atoms with Gasteiger partial charge < -0.3 is 10.8 Å². The summed E-state index contributed by atoms with van der Waals surface area (Å²) in [7, 11) is 0. The lowest BCUT2D eigenvalue weighted by atomic mass is 10.1. The summed E-state index contributed by atoms with van der Waals surface area (Å²) in [5.74, 6) is 0. The van der Waals surface area contributed by atoms with Crippen molar-refractivity contribution in [2.24, 2.45) is 5.73 Å². The first-order chi connectivity index (χ1) is 4.72. The molecule has 1 aliphatic rings. The molecule has 1 saturated heterocycles. The molecule has 0 bridgehead atoms. The van der Waals surface area contributed by atoms with Crippen molar-refractivity contribution in [3.63, 3.8) is 0 Å². The minimum atomic E-state index is -0.826. The summed E-state index contributed by atoms with van der Waals surface area (Å²) in [6, 6.07) is 0.229. The fraction of sp³-hybridized carbons (Fsp3) is 1.00. The minimum absolute atomic E-state index is 0.229. The molecule has 0 aromatic heterocycles. The van der Waals surface area contributed by atoms with Gasteiger partial charge in [0, 0.05) is 25.7 Å². The Morgan fingerprint density at radius 3 is 2.70 bits per heavy atom. The highest BCUT2D eigenvalue weighted by molar-refractivity contribution is 4.83. The average Bonchev–Trinajstić information content (AvgIpc) is 1.84. The maximum atomic E-state index is 11.7. The Bertz CT molecular complexity index is 106. The van der Waals surface area contributed by atoms with Crippen molar-refractivity contribution in [1.82, 2.24) is 4.90 Å². The van der Waals surface area contributed by atoms with E-state index < -0.39 is 12.8 Å². The molecule has 1 fully saturated rings. The van der Waals surface area contributed by atoms with Gasteiger partial charge in [0.05, 0.1) is 6.10 Å². The molecular weight excluding hydrogens is 135 g/mol. The normalized spacial score (nSPS) is 24.3. The van der Waals surface area contributed by atoms with Crippen LogP contribution in [-0.4, -0.2) is 48.5 Å². The van der Waals surface area contributed by atoms with Gasteiger partial charge in [-0.15, -0.1) is 0 Å². The number of halogens is 1. The first-order valence-corrected chi connectivity index (χ1v) is 3.44. The van der Waals surface area contributed by atoms with Crippen LogP contribution in [0.15, 0.2) is 0 Å². The molecule has 0 aromatic rings. The van der Waals surface area contributed by atoms with Crippen LogP contribution in [0.3, 0.4) is 0 Å². The molecule has 0 spiro atoms. The van der Waals surface area contributed by atoms with Crippen LogP contribution in [0.5, 0.6) is 0 Å². The van der Waals surface area contributed by atoms with Crippen LogP contribution in [-0.2, 0) is 0 Å². The van der Waals surface area contributed by atoms with Gasteiger partial charge in [0.15, 0.2) is 0 Å². The molecule has 4 heteroatoms. The second-order valence-electron chi connectivity index (χ2n) is 2.79. The van der Waals surface area contributed by atoms with Crippen LogP contribution in [0.2, 0.25) is 0 Å². The first-order valence-electron chi connectivity index (χ1n) is 3.44. The van der Waals surface area contributed by atoms with Gasteiger partial charge in [-0.2, -0.15) is 0 Å². The zero-order chi connectivity index (χ0) is 7.56. The summed E-state index contributed by atoms with van der Waals surface area (Å²) in [4.78, 5) is 1.94. The lowest BCUT2D eigenvalue weighted by Gasteiger charge is -2.37. The zero-order valence-corrected chi connectivity index (χ0v) is 5.83. The van der Waals surface area contributed by atoms with Crippen molar-refractivity contribution < 1.29 is 9.50 Å². The third-order valence-electron chi connectivity index (χ3n) is 1.63. The minimum Gasteiger partial charge on any atom is -0.389 e. The van der Waals surface area contributed by atoms with Crippen molar-refractivity contribution >= 4 is 0 Å². The molecule has 1 atom stereocenters. The van der Waals surface area contributed by atoms with Crippen LogP contribution in [0.1, 0.15) is 0 Å². The molecule has 0 aromatic carbocycles. The Morgan fingerprint density at radius 1 is 1.70 bits per heavy atom. The molecule has 1 rings (SSSR count). The van der Waals surface area contributed by atoms with Crippen molar-refractivity contribution in [3.05, 3.63) is 0 Å². The lowest BCUT2D eigenvalue weighted by molar-refractivity contribution is 0.0526. The number of rotatable bonds is 3. The van der Waals surface area contributed by atoms with E-state index in [0.29, 0.717) is 6.54 Å². The lowest BCUT2D eigenvalue weighted by Crippen LogP contribution is -2.57. The van der Waals surface area contributed by atoms with Crippen molar-refractivity contribution in [1.29, 1.82) is 0 Å². The van der Waals surface area contributed by atoms with Crippen LogP contribution in [0.4, 0.5) is 4.39 Å². The number of nitrogens with two attached hydrogens (primary N) is 1. The number of aliphatic hydroxyl groups excluding tert-OH is 1. The van der Waals surface area contributed by atoms with Crippen LogP contribution < -0.4 is 5.73 Å². The maximum Gasteiger partial charge on any atom is 0.117 e. The second-order valence-corrected chi connectivity index (χ2v) is 2.79. The monoisotopic (exact) mass is 148 g/mol. The van der Waals surface area contributed by atoms with E-state index in [9.17, 15) is 4.39 Å². The van der Waals surface area contributed by atoms with E-state index in [1.165, 1.54) is 0 Å². The molecule has 1 unspecified atom stereocenters. The maximum absolute atomic E-state index is 11.7. The third-order valence-corrected chi connectivity index (χ3v) is 1.63. The van der Waals surface area contributed by atoms with Gasteiger partial charge in [0.1, 0.15) is 6.67 Å². The third kappa shape index (κ3) is 1.90. The molecule has 3 nitrogen and oxygen atoms in total. The standard InChI is InChI=1S/C6H13FN2O/c7-1-6(10)4-9-2-5(8)3-9/h5-6,10H,1-4,8H2. The predicted octanol–water partition coefficient (Wildman–Crippen LogP) is -1.04. The number of hydrogen-bond acceptors (Lipinski definition) is 3. The van der Waals surface area contributed by atoms with Gasteiger partial charge in [0.2, 0.25) is 0 Å². The Balaban J connectivity index is 2.04. The quantitative estimate of drug-likeness (QED) is 0.537. The Kier molecular flexibility index (Phi) is 2.59. The highest BCUT2D eigenvalue weighted by Gasteiger charge is 2.24. The summed E-state index contributed by atoms with van der Waals surface area (Å²) in [6.45, 7) is 1.34. The highest BCUT2D eigenvalue weighted by atomic mass is 19.1. The van der Waals surface area contributed by atoms with Crippen LogP contribution in [0, 0.1) is 0 Å². The molecule has 60 valence electrons. The van der Waals surface area contributed by atoms with Gasteiger partial charge in [-0.05, 0) is 0 Å². The topological polar surface area (TPSA) is 49.5 Å². The number of aliphatic hydroxyl groups is 1. The van der Waals surface area contributed by atoms with Gasteiger partial charge in [0.25, 0.3) is 0 Å². The van der Waals surface area contributed by atoms with E-state index in [0.717, 1.165) is 13.1 Å². The second kappa shape index (κ2) is 3.27. The number of nitrogens with zero attached hydrogens (tertiary/aromatic N) is 1. The molecule has 10 heavy (non-hydrogen) atoms. The first kappa shape index (κ1) is 7.91. The van der Waals surface area contributed by atoms with Gasteiger partial charge >= 0.3 is 0 Å². The van der Waals surface area contributed by atoms with Gasteiger partial charge in [-0.3, -0.25) is 4.90 Å². The molecule has 3 N–H and O–H groups in total. The molecule has 1 aliphatic heterocycles. The van der Waals surface area contributed by atoms with Crippen molar-refractivity contribution in [2.75, 3.05) is 26.3 Å². The van der Waals surface area contributed by atoms with Gasteiger partial charge in [-0.25, -0.2) is 4.39 Å². The largest absolute Gasteiger partial charge is 0.389 e. The van der Waals surface area contributed by atoms with E-state index in [2.05, 4.69) is 0 Å². The Hall–Kier alpha value is -0.190. The van der Waals surface area contributed by atoms with Crippen LogP contribution >= 0.6 is 0 Å². The number of β-amino-alcohol motifs (C(OH)–C–C–N with tert-alkyl or cyclic N) is 1. The molecule has 0 radical (unpaired) electrons. The molecule has 1 heterocycles. The Labute approximate surface area is 59.6 Å². The smallest absolute Gasteiger partial charge is 0.117 e. The highest BCUT2D eigenvalue weighted by Crippen LogP contribution is 2.05. The fourth-order valence-corrected chi connectivity index (χ4v) is 1.11. The van der Waals surface area contributed by atoms with E-state index in [1.807, 2.05) is 4.90 Å². The summed E-state index contributed by atoms with van der Waals surface area (Å²) in [5.41, 5.74) is 5.47. The van der Waals surface area contributed by atoms with Crippen LogP contribution in [0.25, 0.3) is 0 Å². The predicted molar refractivity (Wildman–Crippen MR) is 36.4 cm³/mol. The van der Waals surface area contributed by atoms with Crippen molar-refractivity contribution in [2.45, 2.75) is 12.1 Å². The summed E-state index contributed by atoms with van der Waals surface area (Å²) in [6.07, 6.45) is -0.826. The van der Waals surface area contributed by atoms with Gasteiger partial charge in [-0.1, -0.05) is 0 Å². The average molecular weight is 148 g/mol. The Morgan fingerprint density at radius 2 is 2.30 bits per heavy atom. The fourth-order valence-electron chi connectivity index (χ4n) is 1.11. The number of likely N-dealkylation sites (tertiary alicyclic amines) is 1. The SMILES string of the molecule is NC1CN(CC(O)CF)C1. The zero-order valence-electron chi connectivity index (χ0n) is 5.83.